The van der Waals surface area contributed by atoms with E-state index in [0.29, 0.717) is 11.6 Å². The van der Waals surface area contributed by atoms with Crippen LogP contribution in [0.4, 0.5) is 5.69 Å². The van der Waals surface area contributed by atoms with E-state index in [1.807, 2.05) is 18.0 Å². The summed E-state index contributed by atoms with van der Waals surface area (Å²) >= 11 is 0. The molecule has 0 spiro atoms. The van der Waals surface area contributed by atoms with Gasteiger partial charge < -0.3 is 10.2 Å². The largest absolute Gasteiger partial charge is 0.387 e. The fourth-order valence-electron chi connectivity index (χ4n) is 2.47. The number of amides is 1. The van der Waals surface area contributed by atoms with Gasteiger partial charge in [0.25, 0.3) is 5.91 Å². The van der Waals surface area contributed by atoms with Crippen LogP contribution in [0.5, 0.6) is 0 Å². The molecule has 0 saturated carbocycles. The molecule has 1 fully saturated rings. The molecule has 2 rings (SSSR count). The molecule has 2 heterocycles. The van der Waals surface area contributed by atoms with Gasteiger partial charge in [0.15, 0.2) is 0 Å². The molecular weight excluding hydrogens is 214 g/mol. The third-order valence-electron chi connectivity index (χ3n) is 3.43. The number of nitrogens with one attached hydrogen (secondary N) is 1. The van der Waals surface area contributed by atoms with Gasteiger partial charge in [-0.25, -0.2) is 0 Å². The van der Waals surface area contributed by atoms with Gasteiger partial charge in [-0.1, -0.05) is 6.92 Å². The van der Waals surface area contributed by atoms with Crippen molar-refractivity contribution in [3.8, 4) is 0 Å². The maximum Gasteiger partial charge on any atom is 0.257 e. The summed E-state index contributed by atoms with van der Waals surface area (Å²) in [5.41, 5.74) is 1.53. The molecular formula is C13H19N3O. The Kier molecular flexibility index (Phi) is 3.61. The molecule has 0 bridgehead atoms. The van der Waals surface area contributed by atoms with Gasteiger partial charge in [-0.15, -0.1) is 0 Å². The highest BCUT2D eigenvalue weighted by Crippen LogP contribution is 2.24. The Morgan fingerprint density at radius 1 is 1.65 bits per heavy atom. The van der Waals surface area contributed by atoms with Gasteiger partial charge in [0.2, 0.25) is 0 Å². The van der Waals surface area contributed by atoms with E-state index in [1.54, 1.807) is 12.4 Å². The second kappa shape index (κ2) is 5.17. The Balaban J connectivity index is 2.24. The summed E-state index contributed by atoms with van der Waals surface area (Å²) in [4.78, 5) is 18.5. The highest BCUT2D eigenvalue weighted by Gasteiger charge is 2.29. The molecule has 1 aromatic heterocycles. The smallest absolute Gasteiger partial charge is 0.257 e. The third-order valence-corrected chi connectivity index (χ3v) is 3.43. The van der Waals surface area contributed by atoms with Crippen LogP contribution in [-0.2, 0) is 0 Å². The molecule has 1 amide bonds. The summed E-state index contributed by atoms with van der Waals surface area (Å²) < 4.78 is 0. The zero-order chi connectivity index (χ0) is 12.3. The van der Waals surface area contributed by atoms with Gasteiger partial charge in [0.1, 0.15) is 0 Å². The third kappa shape index (κ3) is 2.25. The second-order valence-corrected chi connectivity index (χ2v) is 4.37. The Bertz CT molecular complexity index is 405. The van der Waals surface area contributed by atoms with Gasteiger partial charge in [0, 0.05) is 37.7 Å². The normalized spacial score (nSPS) is 19.4. The van der Waals surface area contributed by atoms with Gasteiger partial charge in [-0.3, -0.25) is 9.78 Å². The number of rotatable bonds is 3. The highest BCUT2D eigenvalue weighted by atomic mass is 16.2. The summed E-state index contributed by atoms with van der Waals surface area (Å²) in [6, 6.07) is 2.23. The van der Waals surface area contributed by atoms with Crippen LogP contribution in [0, 0.1) is 0 Å². The van der Waals surface area contributed by atoms with Crippen molar-refractivity contribution in [1.82, 2.24) is 9.88 Å². The summed E-state index contributed by atoms with van der Waals surface area (Å²) in [6.45, 7) is 3.01. The number of carbonyl (C=O) groups is 1. The quantitative estimate of drug-likeness (QED) is 0.870. The Morgan fingerprint density at radius 2 is 2.47 bits per heavy atom. The topological polar surface area (TPSA) is 45.2 Å². The minimum Gasteiger partial charge on any atom is -0.387 e. The van der Waals surface area contributed by atoms with E-state index in [2.05, 4.69) is 17.2 Å². The van der Waals surface area contributed by atoms with Crippen LogP contribution in [-0.4, -0.2) is 35.4 Å². The van der Waals surface area contributed by atoms with E-state index in [0.717, 1.165) is 31.5 Å². The number of likely N-dealkylation sites (tertiary alicyclic amines) is 1. The van der Waals surface area contributed by atoms with Crippen molar-refractivity contribution in [2.45, 2.75) is 32.2 Å². The number of aromatic nitrogens is 1. The molecule has 1 aliphatic rings. The van der Waals surface area contributed by atoms with E-state index in [9.17, 15) is 4.79 Å². The van der Waals surface area contributed by atoms with Crippen molar-refractivity contribution in [3.63, 3.8) is 0 Å². The van der Waals surface area contributed by atoms with E-state index in [4.69, 9.17) is 0 Å². The van der Waals surface area contributed by atoms with Crippen molar-refractivity contribution < 1.29 is 4.79 Å². The maximum absolute atomic E-state index is 12.4. The van der Waals surface area contributed by atoms with Crippen LogP contribution >= 0.6 is 0 Å². The number of hydrogen-bond donors (Lipinski definition) is 1. The van der Waals surface area contributed by atoms with Crippen molar-refractivity contribution in [3.05, 3.63) is 24.0 Å². The number of carbonyl (C=O) groups excluding carboxylic acids is 1. The second-order valence-electron chi connectivity index (χ2n) is 4.37. The summed E-state index contributed by atoms with van der Waals surface area (Å²) in [7, 11) is 1.83. The number of pyridine rings is 1. The molecule has 1 unspecified atom stereocenters. The number of anilines is 1. The van der Waals surface area contributed by atoms with E-state index < -0.39 is 0 Å². The molecule has 92 valence electrons. The first kappa shape index (κ1) is 11.9. The van der Waals surface area contributed by atoms with Crippen molar-refractivity contribution >= 4 is 11.6 Å². The first-order chi connectivity index (χ1) is 8.27. The molecule has 0 aromatic carbocycles. The predicted molar refractivity (Wildman–Crippen MR) is 68.1 cm³/mol. The molecule has 1 saturated heterocycles. The number of nitrogens with zero attached hydrogens (tertiary/aromatic N) is 2. The Labute approximate surface area is 102 Å². The maximum atomic E-state index is 12.4. The summed E-state index contributed by atoms with van der Waals surface area (Å²) in [6.07, 6.45) is 6.61. The monoisotopic (exact) mass is 233 g/mol. The minimum atomic E-state index is 0.104. The average molecular weight is 233 g/mol. The molecule has 1 aliphatic heterocycles. The molecule has 17 heavy (non-hydrogen) atoms. The molecule has 0 radical (unpaired) electrons. The molecule has 1 N–H and O–H groups in total. The first-order valence-corrected chi connectivity index (χ1v) is 6.20. The predicted octanol–water partition coefficient (Wildman–Crippen LogP) is 2.14. The SMILES string of the molecule is CCC1CCCN1C(=O)c1cnccc1NC. The van der Waals surface area contributed by atoms with Crippen LogP contribution in [0.2, 0.25) is 0 Å². The lowest BCUT2D eigenvalue weighted by Crippen LogP contribution is -2.35. The average Bonchev–Trinajstić information content (AvgIpc) is 2.86. The molecule has 4 nitrogen and oxygen atoms in total. The van der Waals surface area contributed by atoms with Crippen LogP contribution in [0.25, 0.3) is 0 Å². The zero-order valence-corrected chi connectivity index (χ0v) is 10.4. The Hall–Kier alpha value is -1.58. The van der Waals surface area contributed by atoms with Gasteiger partial charge in [0.05, 0.1) is 5.56 Å². The lowest BCUT2D eigenvalue weighted by Gasteiger charge is -2.24. The highest BCUT2D eigenvalue weighted by molar-refractivity contribution is 5.99. The van der Waals surface area contributed by atoms with Gasteiger partial charge >= 0.3 is 0 Å². The van der Waals surface area contributed by atoms with Gasteiger partial charge in [-0.2, -0.15) is 0 Å². The molecule has 1 atom stereocenters. The lowest BCUT2D eigenvalue weighted by atomic mass is 10.1. The van der Waals surface area contributed by atoms with E-state index in [1.165, 1.54) is 0 Å². The summed E-state index contributed by atoms with van der Waals surface area (Å²) in [5, 5.41) is 3.05. The lowest BCUT2D eigenvalue weighted by molar-refractivity contribution is 0.0734. The standard InChI is InChI=1S/C13H19N3O/c1-3-10-5-4-8-16(10)13(17)11-9-15-7-6-12(11)14-2/h6-7,9-10H,3-5,8H2,1-2H3,(H,14,15). The van der Waals surface area contributed by atoms with Crippen molar-refractivity contribution in [1.29, 1.82) is 0 Å². The van der Waals surface area contributed by atoms with Crippen LogP contribution in [0.15, 0.2) is 18.5 Å². The first-order valence-electron chi connectivity index (χ1n) is 6.20. The fourth-order valence-corrected chi connectivity index (χ4v) is 2.47. The van der Waals surface area contributed by atoms with Crippen molar-refractivity contribution in [2.24, 2.45) is 0 Å². The summed E-state index contributed by atoms with van der Waals surface area (Å²) in [5.74, 6) is 0.104. The fraction of sp³-hybridized carbons (Fsp3) is 0.538. The van der Waals surface area contributed by atoms with Crippen LogP contribution < -0.4 is 5.32 Å². The number of hydrogen-bond acceptors (Lipinski definition) is 3. The molecule has 1 aromatic rings. The Morgan fingerprint density at radius 3 is 3.18 bits per heavy atom. The molecule has 4 heteroatoms. The zero-order valence-electron chi connectivity index (χ0n) is 10.4. The van der Waals surface area contributed by atoms with Crippen LogP contribution in [0.3, 0.4) is 0 Å². The van der Waals surface area contributed by atoms with Crippen LogP contribution in [0.1, 0.15) is 36.5 Å². The minimum absolute atomic E-state index is 0.104. The van der Waals surface area contributed by atoms with E-state index in [-0.39, 0.29) is 5.91 Å². The van der Waals surface area contributed by atoms with E-state index >= 15 is 0 Å². The van der Waals surface area contributed by atoms with Gasteiger partial charge in [-0.05, 0) is 25.3 Å². The molecule has 0 aliphatic carbocycles. The van der Waals surface area contributed by atoms with Crippen molar-refractivity contribution in [2.75, 3.05) is 18.9 Å².